The van der Waals surface area contributed by atoms with E-state index in [1.54, 1.807) is 0 Å². The summed E-state index contributed by atoms with van der Waals surface area (Å²) in [4.78, 5) is 0. The summed E-state index contributed by atoms with van der Waals surface area (Å²) in [5, 5.41) is 9.11. The van der Waals surface area contributed by atoms with Crippen LogP contribution in [0.3, 0.4) is 0 Å². The van der Waals surface area contributed by atoms with Gasteiger partial charge in [0.1, 0.15) is 0 Å². The summed E-state index contributed by atoms with van der Waals surface area (Å²) in [6.45, 7) is 5.07. The molecular formula is C8H16O2. The van der Waals surface area contributed by atoms with Crippen LogP contribution in [0.15, 0.2) is 0 Å². The SMILES string of the molecule is CCC1CC(O)OC[C@@H]1C. The van der Waals surface area contributed by atoms with E-state index in [-0.39, 0.29) is 0 Å². The van der Waals surface area contributed by atoms with E-state index >= 15 is 0 Å². The van der Waals surface area contributed by atoms with Crippen LogP contribution in [0.4, 0.5) is 0 Å². The molecule has 1 heterocycles. The zero-order valence-electron chi connectivity index (χ0n) is 6.71. The smallest absolute Gasteiger partial charge is 0.154 e. The highest BCUT2D eigenvalue weighted by atomic mass is 16.6. The second-order valence-corrected chi connectivity index (χ2v) is 3.17. The highest BCUT2D eigenvalue weighted by molar-refractivity contribution is 4.70. The molecule has 1 N–H and O–H groups in total. The lowest BCUT2D eigenvalue weighted by molar-refractivity contribution is -0.156. The summed E-state index contributed by atoms with van der Waals surface area (Å²) >= 11 is 0. The standard InChI is InChI=1S/C8H16O2/c1-3-7-4-8(9)10-5-6(7)2/h6-9H,3-5H2,1-2H3/t6-,7?,8?/m0/s1. The van der Waals surface area contributed by atoms with Gasteiger partial charge in [-0.3, -0.25) is 0 Å². The Kier molecular flexibility index (Phi) is 2.69. The van der Waals surface area contributed by atoms with Crippen molar-refractivity contribution < 1.29 is 9.84 Å². The average molecular weight is 144 g/mol. The summed E-state index contributed by atoms with van der Waals surface area (Å²) in [6.07, 6.45) is 1.47. The Bertz CT molecular complexity index is 103. The number of hydrogen-bond donors (Lipinski definition) is 1. The fourth-order valence-electron chi connectivity index (χ4n) is 1.53. The van der Waals surface area contributed by atoms with E-state index in [0.29, 0.717) is 11.8 Å². The van der Waals surface area contributed by atoms with E-state index in [2.05, 4.69) is 13.8 Å². The minimum absolute atomic E-state index is 0.499. The van der Waals surface area contributed by atoms with E-state index in [4.69, 9.17) is 9.84 Å². The second-order valence-electron chi connectivity index (χ2n) is 3.17. The molecule has 1 aliphatic heterocycles. The van der Waals surface area contributed by atoms with Crippen molar-refractivity contribution >= 4 is 0 Å². The molecule has 2 unspecified atom stereocenters. The Morgan fingerprint density at radius 2 is 2.30 bits per heavy atom. The Morgan fingerprint density at radius 3 is 2.80 bits per heavy atom. The third-order valence-electron chi connectivity index (χ3n) is 2.39. The second kappa shape index (κ2) is 3.35. The van der Waals surface area contributed by atoms with Crippen molar-refractivity contribution in [2.45, 2.75) is 33.0 Å². The first kappa shape index (κ1) is 8.02. The van der Waals surface area contributed by atoms with Crippen LogP contribution in [-0.2, 0) is 4.74 Å². The number of aliphatic hydroxyl groups is 1. The average Bonchev–Trinajstić information content (AvgIpc) is 1.94. The van der Waals surface area contributed by atoms with E-state index < -0.39 is 6.29 Å². The molecule has 3 atom stereocenters. The molecule has 10 heavy (non-hydrogen) atoms. The lowest BCUT2D eigenvalue weighted by Crippen LogP contribution is -2.31. The van der Waals surface area contributed by atoms with Crippen molar-refractivity contribution in [1.29, 1.82) is 0 Å². The van der Waals surface area contributed by atoms with Crippen molar-refractivity contribution in [2.24, 2.45) is 11.8 Å². The van der Waals surface area contributed by atoms with Crippen LogP contribution >= 0.6 is 0 Å². The van der Waals surface area contributed by atoms with Crippen molar-refractivity contribution in [2.75, 3.05) is 6.61 Å². The lowest BCUT2D eigenvalue weighted by atomic mass is 9.87. The van der Waals surface area contributed by atoms with Gasteiger partial charge in [-0.2, -0.15) is 0 Å². The fourth-order valence-corrected chi connectivity index (χ4v) is 1.53. The minimum Gasteiger partial charge on any atom is -0.368 e. The molecule has 1 aliphatic rings. The molecule has 1 rings (SSSR count). The Hall–Kier alpha value is -0.0800. The van der Waals surface area contributed by atoms with Crippen molar-refractivity contribution in [1.82, 2.24) is 0 Å². The number of hydrogen-bond acceptors (Lipinski definition) is 2. The van der Waals surface area contributed by atoms with Gasteiger partial charge in [0.05, 0.1) is 6.61 Å². The first-order valence-electron chi connectivity index (χ1n) is 4.03. The molecular weight excluding hydrogens is 128 g/mol. The maximum absolute atomic E-state index is 9.11. The van der Waals surface area contributed by atoms with E-state index in [1.807, 2.05) is 0 Å². The molecule has 60 valence electrons. The molecule has 2 heteroatoms. The van der Waals surface area contributed by atoms with Gasteiger partial charge >= 0.3 is 0 Å². The zero-order chi connectivity index (χ0) is 7.56. The highest BCUT2D eigenvalue weighted by Crippen LogP contribution is 2.26. The maximum atomic E-state index is 9.11. The molecule has 0 aromatic carbocycles. The predicted molar refractivity (Wildman–Crippen MR) is 39.5 cm³/mol. The van der Waals surface area contributed by atoms with Gasteiger partial charge in [-0.25, -0.2) is 0 Å². The monoisotopic (exact) mass is 144 g/mol. The van der Waals surface area contributed by atoms with Gasteiger partial charge in [-0.05, 0) is 11.8 Å². The third kappa shape index (κ3) is 1.70. The van der Waals surface area contributed by atoms with E-state index in [1.165, 1.54) is 0 Å². The minimum atomic E-state index is -0.499. The lowest BCUT2D eigenvalue weighted by Gasteiger charge is -2.31. The molecule has 0 spiro atoms. The summed E-state index contributed by atoms with van der Waals surface area (Å²) in [7, 11) is 0. The Morgan fingerprint density at radius 1 is 1.60 bits per heavy atom. The first-order valence-corrected chi connectivity index (χ1v) is 4.03. The van der Waals surface area contributed by atoms with Gasteiger partial charge in [0.25, 0.3) is 0 Å². The van der Waals surface area contributed by atoms with E-state index in [0.717, 1.165) is 19.4 Å². The van der Waals surface area contributed by atoms with Crippen LogP contribution in [0.5, 0.6) is 0 Å². The Balaban J connectivity index is 2.38. The van der Waals surface area contributed by atoms with Crippen LogP contribution in [0.1, 0.15) is 26.7 Å². The number of aliphatic hydroxyl groups excluding tert-OH is 1. The zero-order valence-corrected chi connectivity index (χ0v) is 6.71. The topological polar surface area (TPSA) is 29.5 Å². The van der Waals surface area contributed by atoms with Gasteiger partial charge < -0.3 is 9.84 Å². The van der Waals surface area contributed by atoms with Crippen LogP contribution in [0.25, 0.3) is 0 Å². The van der Waals surface area contributed by atoms with Gasteiger partial charge in [-0.15, -0.1) is 0 Å². The van der Waals surface area contributed by atoms with Crippen molar-refractivity contribution in [3.63, 3.8) is 0 Å². The van der Waals surface area contributed by atoms with Crippen LogP contribution in [-0.4, -0.2) is 18.0 Å². The fraction of sp³-hybridized carbons (Fsp3) is 1.00. The van der Waals surface area contributed by atoms with Gasteiger partial charge in [0.15, 0.2) is 6.29 Å². The summed E-state index contributed by atoms with van der Waals surface area (Å²) in [6, 6.07) is 0. The summed E-state index contributed by atoms with van der Waals surface area (Å²) in [5.74, 6) is 1.28. The number of rotatable bonds is 1. The van der Waals surface area contributed by atoms with Gasteiger partial charge in [0.2, 0.25) is 0 Å². The molecule has 1 fully saturated rings. The van der Waals surface area contributed by atoms with Gasteiger partial charge in [-0.1, -0.05) is 20.3 Å². The molecule has 2 nitrogen and oxygen atoms in total. The summed E-state index contributed by atoms with van der Waals surface area (Å²) in [5.41, 5.74) is 0. The molecule has 0 saturated carbocycles. The molecule has 0 aliphatic carbocycles. The molecule has 0 aromatic heterocycles. The predicted octanol–water partition coefficient (Wildman–Crippen LogP) is 1.39. The van der Waals surface area contributed by atoms with E-state index in [9.17, 15) is 0 Å². The molecule has 0 bridgehead atoms. The maximum Gasteiger partial charge on any atom is 0.154 e. The molecule has 0 amide bonds. The van der Waals surface area contributed by atoms with Crippen LogP contribution < -0.4 is 0 Å². The number of ether oxygens (including phenoxy) is 1. The third-order valence-corrected chi connectivity index (χ3v) is 2.39. The highest BCUT2D eigenvalue weighted by Gasteiger charge is 2.25. The molecule has 0 aromatic rings. The van der Waals surface area contributed by atoms with Gasteiger partial charge in [0, 0.05) is 6.42 Å². The molecule has 0 radical (unpaired) electrons. The van der Waals surface area contributed by atoms with Crippen LogP contribution in [0, 0.1) is 11.8 Å². The van der Waals surface area contributed by atoms with Crippen molar-refractivity contribution in [3.05, 3.63) is 0 Å². The first-order chi connectivity index (χ1) is 4.74. The van der Waals surface area contributed by atoms with Crippen LogP contribution in [0.2, 0.25) is 0 Å². The molecule has 1 saturated heterocycles. The quantitative estimate of drug-likeness (QED) is 0.602. The summed E-state index contributed by atoms with van der Waals surface area (Å²) < 4.78 is 5.08. The normalized spacial score (nSPS) is 41.7. The Labute approximate surface area is 62.2 Å². The largest absolute Gasteiger partial charge is 0.368 e. The van der Waals surface area contributed by atoms with Crippen molar-refractivity contribution in [3.8, 4) is 0 Å².